The van der Waals surface area contributed by atoms with Gasteiger partial charge in [-0.15, -0.1) is 0 Å². The number of carboxylic acid groups (broad SMARTS) is 1. The van der Waals surface area contributed by atoms with E-state index in [-0.39, 0.29) is 11.4 Å². The summed E-state index contributed by atoms with van der Waals surface area (Å²) in [5.41, 5.74) is 6.35. The SMILES string of the molecule is CCOc1ccccc1-n1ncc(C(=O)O)c1N. The highest BCUT2D eigenvalue weighted by Crippen LogP contribution is 2.25. The Morgan fingerprint density at radius 1 is 1.50 bits per heavy atom. The van der Waals surface area contributed by atoms with Crippen molar-refractivity contribution in [3.63, 3.8) is 0 Å². The molecule has 0 radical (unpaired) electrons. The fraction of sp³-hybridized carbons (Fsp3) is 0.167. The standard InChI is InChI=1S/C12H13N3O3/c1-2-18-10-6-4-3-5-9(10)15-11(13)8(7-14-15)12(16)17/h3-7H,2,13H2,1H3,(H,16,17). The first-order valence-electron chi connectivity index (χ1n) is 5.44. The zero-order valence-corrected chi connectivity index (χ0v) is 9.83. The number of ether oxygens (including phenoxy) is 1. The molecule has 1 aromatic heterocycles. The number of nitrogen functional groups attached to an aromatic ring is 1. The molecule has 0 bridgehead atoms. The van der Waals surface area contributed by atoms with E-state index >= 15 is 0 Å². The summed E-state index contributed by atoms with van der Waals surface area (Å²) in [4.78, 5) is 10.9. The van der Waals surface area contributed by atoms with E-state index in [1.54, 1.807) is 18.2 Å². The van der Waals surface area contributed by atoms with Crippen LogP contribution in [0, 0.1) is 0 Å². The van der Waals surface area contributed by atoms with Crippen LogP contribution in [0.5, 0.6) is 5.75 Å². The fourth-order valence-electron chi connectivity index (χ4n) is 1.62. The number of benzene rings is 1. The monoisotopic (exact) mass is 247 g/mol. The van der Waals surface area contributed by atoms with E-state index in [9.17, 15) is 4.79 Å². The van der Waals surface area contributed by atoms with Crippen LogP contribution in [0.15, 0.2) is 30.5 Å². The second-order valence-electron chi connectivity index (χ2n) is 3.56. The highest BCUT2D eigenvalue weighted by atomic mass is 16.5. The van der Waals surface area contributed by atoms with Gasteiger partial charge >= 0.3 is 5.97 Å². The highest BCUT2D eigenvalue weighted by Gasteiger charge is 2.16. The molecule has 6 heteroatoms. The number of aromatic nitrogens is 2. The van der Waals surface area contributed by atoms with Gasteiger partial charge in [-0.2, -0.15) is 5.10 Å². The van der Waals surface area contributed by atoms with Crippen molar-refractivity contribution in [2.75, 3.05) is 12.3 Å². The number of anilines is 1. The van der Waals surface area contributed by atoms with Crippen LogP contribution in [0.1, 0.15) is 17.3 Å². The van der Waals surface area contributed by atoms with Crippen molar-refractivity contribution < 1.29 is 14.6 Å². The Balaban J connectivity index is 2.52. The number of aromatic carboxylic acids is 1. The molecule has 94 valence electrons. The third-order valence-corrected chi connectivity index (χ3v) is 2.43. The first kappa shape index (κ1) is 12.0. The van der Waals surface area contributed by atoms with Crippen molar-refractivity contribution in [1.82, 2.24) is 9.78 Å². The Hall–Kier alpha value is -2.50. The van der Waals surface area contributed by atoms with E-state index in [2.05, 4.69) is 5.10 Å². The molecular formula is C12H13N3O3. The van der Waals surface area contributed by atoms with Gasteiger partial charge in [0, 0.05) is 0 Å². The molecule has 18 heavy (non-hydrogen) atoms. The van der Waals surface area contributed by atoms with E-state index in [1.807, 2.05) is 13.0 Å². The summed E-state index contributed by atoms with van der Waals surface area (Å²) in [6, 6.07) is 7.17. The minimum Gasteiger partial charge on any atom is -0.492 e. The fourth-order valence-corrected chi connectivity index (χ4v) is 1.62. The van der Waals surface area contributed by atoms with E-state index in [1.165, 1.54) is 10.9 Å². The van der Waals surface area contributed by atoms with Crippen molar-refractivity contribution in [2.24, 2.45) is 0 Å². The van der Waals surface area contributed by atoms with Crippen LogP contribution in [-0.4, -0.2) is 27.5 Å². The lowest BCUT2D eigenvalue weighted by molar-refractivity contribution is 0.0698. The molecule has 6 nitrogen and oxygen atoms in total. The largest absolute Gasteiger partial charge is 0.492 e. The molecule has 0 saturated heterocycles. The zero-order chi connectivity index (χ0) is 13.1. The first-order valence-corrected chi connectivity index (χ1v) is 5.44. The Bertz CT molecular complexity index is 578. The summed E-state index contributed by atoms with van der Waals surface area (Å²) in [6.45, 7) is 2.37. The molecule has 2 aromatic rings. The quantitative estimate of drug-likeness (QED) is 0.855. The smallest absolute Gasteiger partial charge is 0.341 e. The molecule has 0 fully saturated rings. The van der Waals surface area contributed by atoms with Crippen LogP contribution in [-0.2, 0) is 0 Å². The van der Waals surface area contributed by atoms with E-state index in [0.717, 1.165) is 0 Å². The molecule has 2 rings (SSSR count). The average molecular weight is 247 g/mol. The molecule has 3 N–H and O–H groups in total. The Morgan fingerprint density at radius 2 is 2.22 bits per heavy atom. The van der Waals surface area contributed by atoms with Crippen LogP contribution >= 0.6 is 0 Å². The number of nitrogens with two attached hydrogens (primary N) is 1. The lowest BCUT2D eigenvalue weighted by Crippen LogP contribution is -2.07. The van der Waals surface area contributed by atoms with Crippen LogP contribution in [0.25, 0.3) is 5.69 Å². The van der Waals surface area contributed by atoms with E-state index < -0.39 is 5.97 Å². The predicted molar refractivity (Wildman–Crippen MR) is 66.1 cm³/mol. The summed E-state index contributed by atoms with van der Waals surface area (Å²) in [6.07, 6.45) is 1.22. The highest BCUT2D eigenvalue weighted by molar-refractivity contribution is 5.92. The molecule has 1 heterocycles. The van der Waals surface area contributed by atoms with Gasteiger partial charge in [-0.3, -0.25) is 0 Å². The van der Waals surface area contributed by atoms with Gasteiger partial charge in [0.15, 0.2) is 0 Å². The van der Waals surface area contributed by atoms with Crippen molar-refractivity contribution in [1.29, 1.82) is 0 Å². The average Bonchev–Trinajstić information content (AvgIpc) is 2.72. The zero-order valence-electron chi connectivity index (χ0n) is 9.83. The second kappa shape index (κ2) is 4.79. The Kier molecular flexibility index (Phi) is 3.18. The Morgan fingerprint density at radius 3 is 2.83 bits per heavy atom. The summed E-state index contributed by atoms with van der Waals surface area (Å²) in [5, 5.41) is 12.9. The van der Waals surface area contributed by atoms with Gasteiger partial charge in [-0.25, -0.2) is 9.48 Å². The van der Waals surface area contributed by atoms with Gasteiger partial charge in [0.1, 0.15) is 22.8 Å². The number of hydrogen-bond donors (Lipinski definition) is 2. The summed E-state index contributed by atoms with van der Waals surface area (Å²) >= 11 is 0. The number of nitrogens with zero attached hydrogens (tertiary/aromatic N) is 2. The number of hydrogen-bond acceptors (Lipinski definition) is 4. The molecule has 0 amide bonds. The maximum atomic E-state index is 10.9. The van der Waals surface area contributed by atoms with Crippen molar-refractivity contribution in [2.45, 2.75) is 6.92 Å². The topological polar surface area (TPSA) is 90.4 Å². The summed E-state index contributed by atoms with van der Waals surface area (Å²) < 4.78 is 6.81. The Labute approximate surface area is 104 Å². The van der Waals surface area contributed by atoms with Gasteiger partial charge < -0.3 is 15.6 Å². The molecule has 0 atom stereocenters. The molecule has 0 aliphatic rings. The van der Waals surface area contributed by atoms with Crippen LogP contribution in [0.3, 0.4) is 0 Å². The molecule has 0 unspecified atom stereocenters. The first-order chi connectivity index (χ1) is 8.65. The summed E-state index contributed by atoms with van der Waals surface area (Å²) in [7, 11) is 0. The number of carboxylic acids is 1. The lowest BCUT2D eigenvalue weighted by atomic mass is 10.3. The molecule has 1 aromatic carbocycles. The maximum absolute atomic E-state index is 10.9. The van der Waals surface area contributed by atoms with Crippen molar-refractivity contribution in [3.05, 3.63) is 36.0 Å². The molecule has 0 spiro atoms. The normalized spacial score (nSPS) is 10.3. The minimum atomic E-state index is -1.10. The van der Waals surface area contributed by atoms with Gasteiger partial charge in [-0.05, 0) is 19.1 Å². The van der Waals surface area contributed by atoms with Crippen LogP contribution < -0.4 is 10.5 Å². The van der Waals surface area contributed by atoms with Crippen molar-refractivity contribution >= 4 is 11.8 Å². The van der Waals surface area contributed by atoms with Gasteiger partial charge in [0.2, 0.25) is 0 Å². The van der Waals surface area contributed by atoms with Gasteiger partial charge in [0.05, 0.1) is 12.8 Å². The predicted octanol–water partition coefficient (Wildman–Crippen LogP) is 1.55. The maximum Gasteiger partial charge on any atom is 0.341 e. The lowest BCUT2D eigenvalue weighted by Gasteiger charge is -2.10. The molecular weight excluding hydrogens is 234 g/mol. The molecule has 0 aliphatic carbocycles. The number of para-hydroxylation sites is 2. The van der Waals surface area contributed by atoms with Crippen LogP contribution in [0.4, 0.5) is 5.82 Å². The van der Waals surface area contributed by atoms with E-state index in [0.29, 0.717) is 18.0 Å². The van der Waals surface area contributed by atoms with Crippen LogP contribution in [0.2, 0.25) is 0 Å². The molecule has 0 saturated carbocycles. The molecule has 0 aliphatic heterocycles. The van der Waals surface area contributed by atoms with Gasteiger partial charge in [-0.1, -0.05) is 12.1 Å². The van der Waals surface area contributed by atoms with Crippen molar-refractivity contribution in [3.8, 4) is 11.4 Å². The number of carbonyl (C=O) groups is 1. The van der Waals surface area contributed by atoms with Gasteiger partial charge in [0.25, 0.3) is 0 Å². The van der Waals surface area contributed by atoms with E-state index in [4.69, 9.17) is 15.6 Å². The minimum absolute atomic E-state index is 0.0266. The second-order valence-corrected chi connectivity index (χ2v) is 3.56. The third-order valence-electron chi connectivity index (χ3n) is 2.43. The third kappa shape index (κ3) is 2.00. The summed E-state index contributed by atoms with van der Waals surface area (Å²) in [5.74, 6) is -0.422. The number of rotatable bonds is 4.